The van der Waals surface area contributed by atoms with Gasteiger partial charge in [0.25, 0.3) is 0 Å². The third-order valence-electron chi connectivity index (χ3n) is 3.22. The number of nitrogens with one attached hydrogen (secondary N) is 1. The number of hydrogen-bond acceptors (Lipinski definition) is 3. The van der Waals surface area contributed by atoms with E-state index >= 15 is 0 Å². The maximum Gasteiger partial charge on any atom is 0.321 e. The quantitative estimate of drug-likeness (QED) is 0.887. The summed E-state index contributed by atoms with van der Waals surface area (Å²) < 4.78 is 5.43. The Balaban J connectivity index is 2.03. The molecule has 19 heavy (non-hydrogen) atoms. The molecule has 1 atom stereocenters. The van der Waals surface area contributed by atoms with Gasteiger partial charge in [-0.1, -0.05) is 0 Å². The molecule has 1 aromatic rings. The lowest BCUT2D eigenvalue weighted by molar-refractivity contribution is 0.0989. The van der Waals surface area contributed by atoms with E-state index in [0.29, 0.717) is 6.04 Å². The molecule has 0 radical (unpaired) electrons. The molecule has 1 fully saturated rings. The van der Waals surface area contributed by atoms with E-state index in [4.69, 9.17) is 4.74 Å². The number of hydrogen-bond donors (Lipinski definition) is 1. The minimum atomic E-state index is -0.118. The molecular formula is C14H21N3O2. The van der Waals surface area contributed by atoms with Crippen LogP contribution < -0.4 is 10.2 Å². The Kier molecular flexibility index (Phi) is 4.27. The van der Waals surface area contributed by atoms with Crippen LogP contribution in [0.4, 0.5) is 16.2 Å². The molecule has 1 N–H and O–H groups in total. The average molecular weight is 263 g/mol. The molecule has 0 aliphatic carbocycles. The van der Waals surface area contributed by atoms with E-state index in [1.165, 1.54) is 10.6 Å². The van der Waals surface area contributed by atoms with Crippen LogP contribution in [0.5, 0.6) is 0 Å². The van der Waals surface area contributed by atoms with Crippen molar-refractivity contribution < 1.29 is 9.53 Å². The summed E-state index contributed by atoms with van der Waals surface area (Å²) in [6, 6.07) is 8.20. The summed E-state index contributed by atoms with van der Waals surface area (Å²) in [5.41, 5.74) is 1.97. The first-order valence-corrected chi connectivity index (χ1v) is 6.50. The second-order valence-electron chi connectivity index (χ2n) is 4.99. The Morgan fingerprint density at radius 3 is 2.63 bits per heavy atom. The van der Waals surface area contributed by atoms with Crippen LogP contribution in [0, 0.1) is 0 Å². The van der Waals surface area contributed by atoms with Crippen LogP contribution in [0.1, 0.15) is 6.92 Å². The normalized spacial score (nSPS) is 19.1. The van der Waals surface area contributed by atoms with Crippen molar-refractivity contribution in [3.63, 3.8) is 0 Å². The number of ether oxygens (including phenoxy) is 1. The maximum absolute atomic E-state index is 11.5. The molecule has 2 amide bonds. The van der Waals surface area contributed by atoms with Crippen molar-refractivity contribution >= 4 is 17.4 Å². The highest BCUT2D eigenvalue weighted by molar-refractivity contribution is 5.89. The Labute approximate surface area is 114 Å². The minimum absolute atomic E-state index is 0.118. The molecule has 0 spiro atoms. The molecule has 5 nitrogen and oxygen atoms in total. The Morgan fingerprint density at radius 1 is 1.37 bits per heavy atom. The van der Waals surface area contributed by atoms with Crippen molar-refractivity contribution in [3.05, 3.63) is 24.3 Å². The molecule has 1 unspecified atom stereocenters. The number of carbonyl (C=O) groups is 1. The molecule has 2 rings (SSSR count). The fourth-order valence-corrected chi connectivity index (χ4v) is 2.08. The fourth-order valence-electron chi connectivity index (χ4n) is 2.08. The second-order valence-corrected chi connectivity index (χ2v) is 4.99. The van der Waals surface area contributed by atoms with Crippen molar-refractivity contribution in [2.24, 2.45) is 0 Å². The number of morpholine rings is 1. The van der Waals surface area contributed by atoms with Crippen LogP contribution in [-0.4, -0.2) is 50.8 Å². The monoisotopic (exact) mass is 263 g/mol. The molecule has 1 aliphatic heterocycles. The van der Waals surface area contributed by atoms with Gasteiger partial charge < -0.3 is 19.9 Å². The zero-order valence-electron chi connectivity index (χ0n) is 11.7. The number of rotatable bonds is 2. The summed E-state index contributed by atoms with van der Waals surface area (Å²) >= 11 is 0. The van der Waals surface area contributed by atoms with Crippen molar-refractivity contribution in [3.8, 4) is 0 Å². The molecule has 1 aromatic carbocycles. The van der Waals surface area contributed by atoms with E-state index < -0.39 is 0 Å². The van der Waals surface area contributed by atoms with Gasteiger partial charge >= 0.3 is 6.03 Å². The molecule has 0 aromatic heterocycles. The van der Waals surface area contributed by atoms with Gasteiger partial charge in [0.05, 0.1) is 13.2 Å². The molecular weight excluding hydrogens is 242 g/mol. The van der Waals surface area contributed by atoms with Crippen LogP contribution >= 0.6 is 0 Å². The number of amides is 2. The predicted molar refractivity (Wildman–Crippen MR) is 76.8 cm³/mol. The van der Waals surface area contributed by atoms with Gasteiger partial charge in [-0.25, -0.2) is 4.79 Å². The van der Waals surface area contributed by atoms with E-state index in [1.807, 2.05) is 24.3 Å². The lowest BCUT2D eigenvalue weighted by Gasteiger charge is -2.35. The Bertz CT molecular complexity index is 431. The Hall–Kier alpha value is -1.75. The van der Waals surface area contributed by atoms with Crippen LogP contribution in [0.2, 0.25) is 0 Å². The number of urea groups is 1. The SMILES string of the molecule is CC1COCCN1c1ccc(NC(=O)N(C)C)cc1. The Morgan fingerprint density at radius 2 is 2.05 bits per heavy atom. The van der Waals surface area contributed by atoms with Gasteiger partial charge in [0, 0.05) is 38.1 Å². The molecule has 0 saturated carbocycles. The highest BCUT2D eigenvalue weighted by Crippen LogP contribution is 2.21. The van der Waals surface area contributed by atoms with E-state index in [0.717, 1.165) is 25.4 Å². The van der Waals surface area contributed by atoms with Crippen molar-refractivity contribution in [2.75, 3.05) is 44.1 Å². The first-order chi connectivity index (χ1) is 9.08. The van der Waals surface area contributed by atoms with E-state index in [2.05, 4.69) is 17.1 Å². The van der Waals surface area contributed by atoms with Crippen molar-refractivity contribution in [1.82, 2.24) is 4.90 Å². The van der Waals surface area contributed by atoms with Gasteiger partial charge in [0.15, 0.2) is 0 Å². The summed E-state index contributed by atoms with van der Waals surface area (Å²) in [5.74, 6) is 0. The van der Waals surface area contributed by atoms with E-state index in [-0.39, 0.29) is 6.03 Å². The maximum atomic E-state index is 11.5. The average Bonchev–Trinajstić information content (AvgIpc) is 2.40. The summed E-state index contributed by atoms with van der Waals surface area (Å²) in [6.45, 7) is 4.59. The fraction of sp³-hybridized carbons (Fsp3) is 0.500. The van der Waals surface area contributed by atoms with E-state index in [1.54, 1.807) is 14.1 Å². The van der Waals surface area contributed by atoms with Crippen LogP contribution in [-0.2, 0) is 4.74 Å². The standard InChI is InChI=1S/C14H21N3O2/c1-11-10-19-9-8-17(11)13-6-4-12(5-7-13)15-14(18)16(2)3/h4-7,11H,8-10H2,1-3H3,(H,15,18). The summed E-state index contributed by atoms with van der Waals surface area (Å²) in [7, 11) is 3.44. The smallest absolute Gasteiger partial charge is 0.321 e. The largest absolute Gasteiger partial charge is 0.377 e. The summed E-state index contributed by atoms with van der Waals surface area (Å²) in [6.07, 6.45) is 0. The first kappa shape index (κ1) is 13.7. The zero-order valence-corrected chi connectivity index (χ0v) is 11.7. The lowest BCUT2D eigenvalue weighted by atomic mass is 10.2. The predicted octanol–water partition coefficient (Wildman–Crippen LogP) is 2.01. The minimum Gasteiger partial charge on any atom is -0.377 e. The van der Waals surface area contributed by atoms with E-state index in [9.17, 15) is 4.79 Å². The van der Waals surface area contributed by atoms with Gasteiger partial charge in [0.2, 0.25) is 0 Å². The lowest BCUT2D eigenvalue weighted by Crippen LogP contribution is -2.43. The number of anilines is 2. The van der Waals surface area contributed by atoms with Gasteiger partial charge in [0.1, 0.15) is 0 Å². The van der Waals surface area contributed by atoms with Crippen LogP contribution in [0.15, 0.2) is 24.3 Å². The zero-order chi connectivity index (χ0) is 13.8. The topological polar surface area (TPSA) is 44.8 Å². The van der Waals surface area contributed by atoms with Crippen LogP contribution in [0.25, 0.3) is 0 Å². The third kappa shape index (κ3) is 3.38. The molecule has 0 bridgehead atoms. The second kappa shape index (κ2) is 5.93. The molecule has 1 heterocycles. The summed E-state index contributed by atoms with van der Waals surface area (Å²) in [4.78, 5) is 15.4. The summed E-state index contributed by atoms with van der Waals surface area (Å²) in [5, 5.41) is 2.83. The van der Waals surface area contributed by atoms with Crippen LogP contribution in [0.3, 0.4) is 0 Å². The first-order valence-electron chi connectivity index (χ1n) is 6.50. The van der Waals surface area contributed by atoms with Crippen molar-refractivity contribution in [1.29, 1.82) is 0 Å². The molecule has 104 valence electrons. The number of benzene rings is 1. The van der Waals surface area contributed by atoms with Gasteiger partial charge in [-0.3, -0.25) is 0 Å². The number of nitrogens with zero attached hydrogens (tertiary/aromatic N) is 2. The molecule has 1 saturated heterocycles. The van der Waals surface area contributed by atoms with Crippen molar-refractivity contribution in [2.45, 2.75) is 13.0 Å². The highest BCUT2D eigenvalue weighted by atomic mass is 16.5. The van der Waals surface area contributed by atoms with Gasteiger partial charge in [-0.15, -0.1) is 0 Å². The number of carbonyl (C=O) groups excluding carboxylic acids is 1. The van der Waals surface area contributed by atoms with Gasteiger partial charge in [-0.05, 0) is 31.2 Å². The third-order valence-corrected chi connectivity index (χ3v) is 3.22. The molecule has 5 heteroatoms. The van der Waals surface area contributed by atoms with Gasteiger partial charge in [-0.2, -0.15) is 0 Å². The highest BCUT2D eigenvalue weighted by Gasteiger charge is 2.18. The molecule has 1 aliphatic rings.